The van der Waals surface area contributed by atoms with E-state index in [1.54, 1.807) is 41.5 Å². The molecule has 0 aliphatic rings. The molecule has 0 aromatic carbocycles. The standard InChI is InChI=1S/C27H48O7/c1-25(2,22(29)30)17-11-7-8-16-21(28)20(14-9-12-18-26(3,4)23(31)32)15-10-13-19-27(5,6)24(33)34/h20H,7-19H2,1-6H3,(H,29,30)(H,31,32)(H,33,34). The summed E-state index contributed by atoms with van der Waals surface area (Å²) in [5.74, 6) is -2.30. The molecule has 0 aliphatic heterocycles. The summed E-state index contributed by atoms with van der Waals surface area (Å²) < 4.78 is 0. The average Bonchev–Trinajstić information content (AvgIpc) is 2.71. The number of unbranched alkanes of at least 4 members (excludes halogenated alkanes) is 4. The molecule has 0 spiro atoms. The zero-order valence-electron chi connectivity index (χ0n) is 22.2. The number of ketones is 1. The van der Waals surface area contributed by atoms with Crippen LogP contribution >= 0.6 is 0 Å². The molecule has 0 aromatic heterocycles. The number of hydrogen-bond acceptors (Lipinski definition) is 4. The minimum atomic E-state index is -0.813. The van der Waals surface area contributed by atoms with Gasteiger partial charge in [-0.15, -0.1) is 0 Å². The van der Waals surface area contributed by atoms with Crippen LogP contribution in [0.3, 0.4) is 0 Å². The van der Waals surface area contributed by atoms with E-state index in [4.69, 9.17) is 0 Å². The molecule has 3 N–H and O–H groups in total. The second-order valence-corrected chi connectivity index (χ2v) is 11.8. The van der Waals surface area contributed by atoms with Gasteiger partial charge in [-0.2, -0.15) is 0 Å². The number of carboxylic acid groups (broad SMARTS) is 3. The smallest absolute Gasteiger partial charge is 0.309 e. The fraction of sp³-hybridized carbons (Fsp3) is 0.852. The predicted molar refractivity (Wildman–Crippen MR) is 133 cm³/mol. The van der Waals surface area contributed by atoms with Crippen molar-refractivity contribution >= 4 is 23.7 Å². The van der Waals surface area contributed by atoms with Gasteiger partial charge in [0.25, 0.3) is 0 Å². The highest BCUT2D eigenvalue weighted by atomic mass is 16.4. The van der Waals surface area contributed by atoms with Crippen molar-refractivity contribution in [1.29, 1.82) is 0 Å². The van der Waals surface area contributed by atoms with Gasteiger partial charge in [0, 0.05) is 12.3 Å². The van der Waals surface area contributed by atoms with Gasteiger partial charge in [0.1, 0.15) is 5.78 Å². The van der Waals surface area contributed by atoms with E-state index >= 15 is 0 Å². The Kier molecular flexibility index (Phi) is 13.7. The molecule has 0 radical (unpaired) electrons. The SMILES string of the molecule is CC(C)(CCCCCC(=O)C(CCCCC(C)(C)C(=O)O)CCCCC(C)(C)C(=O)O)C(=O)O. The summed E-state index contributed by atoms with van der Waals surface area (Å²) in [6.45, 7) is 10.3. The summed E-state index contributed by atoms with van der Waals surface area (Å²) in [6, 6.07) is 0. The molecule has 0 saturated carbocycles. The molecule has 7 heteroatoms. The molecule has 0 heterocycles. The Morgan fingerprint density at radius 2 is 0.853 bits per heavy atom. The molecule has 198 valence electrons. The molecule has 0 aliphatic carbocycles. The lowest BCUT2D eigenvalue weighted by Gasteiger charge is -2.21. The summed E-state index contributed by atoms with van der Waals surface area (Å²) in [6.07, 6.45) is 9.04. The van der Waals surface area contributed by atoms with Crippen molar-refractivity contribution in [3.05, 3.63) is 0 Å². The highest BCUT2D eigenvalue weighted by Crippen LogP contribution is 2.29. The van der Waals surface area contributed by atoms with Crippen LogP contribution in [-0.2, 0) is 19.2 Å². The van der Waals surface area contributed by atoms with Crippen molar-refractivity contribution in [3.63, 3.8) is 0 Å². The third kappa shape index (κ3) is 12.5. The van der Waals surface area contributed by atoms with Crippen molar-refractivity contribution in [2.45, 2.75) is 125 Å². The number of hydrogen-bond donors (Lipinski definition) is 3. The Labute approximate surface area is 205 Å². The van der Waals surface area contributed by atoms with Crippen molar-refractivity contribution in [3.8, 4) is 0 Å². The van der Waals surface area contributed by atoms with Gasteiger partial charge < -0.3 is 15.3 Å². The normalized spacial score (nSPS) is 12.7. The van der Waals surface area contributed by atoms with Gasteiger partial charge in [0.2, 0.25) is 0 Å². The van der Waals surface area contributed by atoms with Crippen LogP contribution in [-0.4, -0.2) is 39.0 Å². The summed E-state index contributed by atoms with van der Waals surface area (Å²) in [7, 11) is 0. The van der Waals surface area contributed by atoms with Crippen LogP contribution in [0.25, 0.3) is 0 Å². The molecule has 0 unspecified atom stereocenters. The van der Waals surface area contributed by atoms with E-state index < -0.39 is 34.2 Å². The van der Waals surface area contributed by atoms with Crippen LogP contribution in [0.1, 0.15) is 125 Å². The van der Waals surface area contributed by atoms with Gasteiger partial charge in [-0.3, -0.25) is 19.2 Å². The molecular formula is C27H48O7. The first kappa shape index (κ1) is 32.1. The topological polar surface area (TPSA) is 129 Å². The lowest BCUT2D eigenvalue weighted by Crippen LogP contribution is -2.24. The Hall–Kier alpha value is -1.92. The van der Waals surface area contributed by atoms with Gasteiger partial charge in [-0.05, 0) is 80.1 Å². The minimum absolute atomic E-state index is 0.0867. The molecule has 0 saturated heterocycles. The molecule has 0 amide bonds. The summed E-state index contributed by atoms with van der Waals surface area (Å²) in [5, 5.41) is 27.8. The highest BCUT2D eigenvalue weighted by Gasteiger charge is 2.28. The van der Waals surface area contributed by atoms with Gasteiger partial charge in [0.15, 0.2) is 0 Å². The van der Waals surface area contributed by atoms with Crippen LogP contribution in [0, 0.1) is 22.2 Å². The summed E-state index contributed by atoms with van der Waals surface area (Å²) >= 11 is 0. The number of carboxylic acids is 3. The Bertz CT molecular complexity index is 642. The third-order valence-corrected chi connectivity index (χ3v) is 7.13. The van der Waals surface area contributed by atoms with E-state index in [1.807, 2.05) is 0 Å². The van der Waals surface area contributed by atoms with Crippen LogP contribution in [0.15, 0.2) is 0 Å². The molecular weight excluding hydrogens is 436 g/mol. The largest absolute Gasteiger partial charge is 0.481 e. The minimum Gasteiger partial charge on any atom is -0.481 e. The van der Waals surface area contributed by atoms with Crippen LogP contribution in [0.4, 0.5) is 0 Å². The summed E-state index contributed by atoms with van der Waals surface area (Å²) in [4.78, 5) is 46.7. The lowest BCUT2D eigenvalue weighted by atomic mass is 9.83. The van der Waals surface area contributed by atoms with Crippen molar-refractivity contribution < 1.29 is 34.5 Å². The fourth-order valence-electron chi connectivity index (χ4n) is 3.95. The molecule has 0 aromatic rings. The van der Waals surface area contributed by atoms with Crippen LogP contribution < -0.4 is 0 Å². The van der Waals surface area contributed by atoms with Gasteiger partial charge in [-0.25, -0.2) is 0 Å². The average molecular weight is 485 g/mol. The maximum atomic E-state index is 12.9. The monoisotopic (exact) mass is 484 g/mol. The van der Waals surface area contributed by atoms with E-state index in [1.165, 1.54) is 0 Å². The van der Waals surface area contributed by atoms with E-state index in [0.29, 0.717) is 25.7 Å². The quantitative estimate of drug-likeness (QED) is 0.166. The van der Waals surface area contributed by atoms with Gasteiger partial charge in [0.05, 0.1) is 16.2 Å². The number of carbonyl (C=O) groups is 4. The van der Waals surface area contributed by atoms with Crippen molar-refractivity contribution in [1.82, 2.24) is 0 Å². The first-order valence-electron chi connectivity index (χ1n) is 12.8. The molecule has 0 fully saturated rings. The first-order valence-corrected chi connectivity index (χ1v) is 12.8. The molecule has 34 heavy (non-hydrogen) atoms. The third-order valence-electron chi connectivity index (χ3n) is 7.13. The molecule has 0 atom stereocenters. The molecule has 0 rings (SSSR count). The zero-order chi connectivity index (χ0) is 26.6. The van der Waals surface area contributed by atoms with E-state index in [0.717, 1.165) is 57.8 Å². The molecule has 0 bridgehead atoms. The highest BCUT2D eigenvalue weighted by molar-refractivity contribution is 5.81. The second kappa shape index (κ2) is 14.5. The van der Waals surface area contributed by atoms with Crippen molar-refractivity contribution in [2.75, 3.05) is 0 Å². The predicted octanol–water partition coefficient (Wildman–Crippen LogP) is 6.58. The Morgan fingerprint density at radius 1 is 0.529 bits per heavy atom. The van der Waals surface area contributed by atoms with E-state index in [2.05, 4.69) is 0 Å². The molecule has 7 nitrogen and oxygen atoms in total. The second-order valence-electron chi connectivity index (χ2n) is 11.8. The van der Waals surface area contributed by atoms with Gasteiger partial charge in [-0.1, -0.05) is 38.5 Å². The Morgan fingerprint density at radius 3 is 1.18 bits per heavy atom. The lowest BCUT2D eigenvalue weighted by molar-refractivity contribution is -0.148. The number of aliphatic carboxylic acids is 3. The van der Waals surface area contributed by atoms with Crippen molar-refractivity contribution in [2.24, 2.45) is 22.2 Å². The first-order chi connectivity index (χ1) is 15.5. The van der Waals surface area contributed by atoms with Crippen LogP contribution in [0.5, 0.6) is 0 Å². The van der Waals surface area contributed by atoms with Gasteiger partial charge >= 0.3 is 17.9 Å². The summed E-state index contributed by atoms with van der Waals surface area (Å²) in [5.41, 5.74) is -2.29. The number of carbonyl (C=O) groups excluding carboxylic acids is 1. The number of Topliss-reactive ketones (excluding diaryl/α,β-unsaturated/α-hetero) is 1. The zero-order valence-corrected chi connectivity index (χ0v) is 22.2. The Balaban J connectivity index is 4.68. The van der Waals surface area contributed by atoms with E-state index in [-0.39, 0.29) is 11.7 Å². The number of rotatable bonds is 20. The van der Waals surface area contributed by atoms with Crippen LogP contribution in [0.2, 0.25) is 0 Å². The maximum Gasteiger partial charge on any atom is 0.309 e. The fourth-order valence-corrected chi connectivity index (χ4v) is 3.95. The maximum absolute atomic E-state index is 12.9. The van der Waals surface area contributed by atoms with E-state index in [9.17, 15) is 34.5 Å².